The van der Waals surface area contributed by atoms with Gasteiger partial charge in [0.15, 0.2) is 5.82 Å². The zero-order valence-electron chi connectivity index (χ0n) is 16.1. The lowest BCUT2D eigenvalue weighted by Gasteiger charge is -2.11. The highest BCUT2D eigenvalue weighted by Gasteiger charge is 2.25. The summed E-state index contributed by atoms with van der Waals surface area (Å²) in [5.74, 6) is -0.378. The maximum Gasteiger partial charge on any atom is 0.266 e. The summed E-state index contributed by atoms with van der Waals surface area (Å²) in [4.78, 5) is 26.0. The van der Waals surface area contributed by atoms with E-state index < -0.39 is 5.91 Å². The number of nitrogens with zero attached hydrogens (tertiary/aromatic N) is 3. The van der Waals surface area contributed by atoms with Gasteiger partial charge in [0.05, 0.1) is 22.0 Å². The van der Waals surface area contributed by atoms with Crippen molar-refractivity contribution in [2.75, 3.05) is 5.32 Å². The van der Waals surface area contributed by atoms with Gasteiger partial charge in [0.1, 0.15) is 5.82 Å². The van der Waals surface area contributed by atoms with Gasteiger partial charge in [0.25, 0.3) is 5.91 Å². The molecule has 3 aromatic carbocycles. The molecule has 0 spiro atoms. The number of para-hydroxylation sites is 1. The summed E-state index contributed by atoms with van der Waals surface area (Å²) in [5.41, 5.74) is 1.43. The molecular formula is C23H16Cl2N4O2. The zero-order chi connectivity index (χ0) is 21.8. The van der Waals surface area contributed by atoms with Crippen molar-refractivity contribution < 1.29 is 9.59 Å². The molecule has 6 nitrogen and oxygen atoms in total. The Bertz CT molecular complexity index is 1260. The maximum absolute atomic E-state index is 13.4. The maximum atomic E-state index is 13.4. The Kier molecular flexibility index (Phi) is 6.11. The first-order chi connectivity index (χ1) is 15.0. The van der Waals surface area contributed by atoms with Crippen LogP contribution in [-0.2, 0) is 11.2 Å². The van der Waals surface area contributed by atoms with Crippen LogP contribution in [0.5, 0.6) is 0 Å². The molecule has 0 radical (unpaired) electrons. The fraction of sp³-hybridized carbons (Fsp3) is 0.0435. The Hall–Kier alpha value is -3.48. The van der Waals surface area contributed by atoms with Gasteiger partial charge >= 0.3 is 0 Å². The number of halogens is 2. The lowest BCUT2D eigenvalue weighted by molar-refractivity contribution is -0.115. The van der Waals surface area contributed by atoms with Gasteiger partial charge in [-0.25, -0.2) is 4.57 Å². The van der Waals surface area contributed by atoms with Gasteiger partial charge in [-0.2, -0.15) is 0 Å². The highest BCUT2D eigenvalue weighted by molar-refractivity contribution is 6.34. The molecule has 0 fully saturated rings. The molecule has 31 heavy (non-hydrogen) atoms. The van der Waals surface area contributed by atoms with Crippen LogP contribution in [0.3, 0.4) is 0 Å². The number of hydrogen-bond acceptors (Lipinski definition) is 4. The average Bonchev–Trinajstić information content (AvgIpc) is 3.17. The predicted octanol–water partition coefficient (Wildman–Crippen LogP) is 5.12. The number of rotatable bonds is 5. The van der Waals surface area contributed by atoms with Gasteiger partial charge in [-0.3, -0.25) is 9.59 Å². The predicted molar refractivity (Wildman–Crippen MR) is 120 cm³/mol. The van der Waals surface area contributed by atoms with Crippen molar-refractivity contribution in [3.05, 3.63) is 100 Å². The number of nitrogens with one attached hydrogen (secondary N) is 1. The van der Waals surface area contributed by atoms with Gasteiger partial charge in [0, 0.05) is 11.3 Å². The molecule has 1 amide bonds. The number of benzene rings is 3. The molecule has 0 bridgehead atoms. The summed E-state index contributed by atoms with van der Waals surface area (Å²) in [5, 5.41) is 11.8. The van der Waals surface area contributed by atoms with Crippen LogP contribution in [0.15, 0.2) is 78.9 Å². The molecule has 0 unspecified atom stereocenters. The minimum Gasteiger partial charge on any atom is -0.326 e. The second kappa shape index (κ2) is 9.12. The number of anilines is 1. The summed E-state index contributed by atoms with van der Waals surface area (Å²) in [7, 11) is 0. The summed E-state index contributed by atoms with van der Waals surface area (Å²) >= 11 is 12.6. The molecule has 0 aliphatic carbocycles. The Morgan fingerprint density at radius 1 is 0.806 bits per heavy atom. The summed E-state index contributed by atoms with van der Waals surface area (Å²) in [6.07, 6.45) is -0.164. The molecule has 8 heteroatoms. The van der Waals surface area contributed by atoms with E-state index >= 15 is 0 Å². The van der Waals surface area contributed by atoms with Gasteiger partial charge in [0.2, 0.25) is 5.91 Å². The van der Waals surface area contributed by atoms with E-state index in [2.05, 4.69) is 15.5 Å². The van der Waals surface area contributed by atoms with Crippen LogP contribution >= 0.6 is 23.2 Å². The van der Waals surface area contributed by atoms with Crippen molar-refractivity contribution >= 4 is 40.7 Å². The van der Waals surface area contributed by atoms with Crippen LogP contribution in [0.2, 0.25) is 10.0 Å². The van der Waals surface area contributed by atoms with Crippen LogP contribution < -0.4 is 5.32 Å². The van der Waals surface area contributed by atoms with Crippen molar-refractivity contribution in [2.45, 2.75) is 6.42 Å². The molecule has 0 saturated heterocycles. The summed E-state index contributed by atoms with van der Waals surface area (Å²) in [6.45, 7) is 0. The minimum atomic E-state index is -0.451. The van der Waals surface area contributed by atoms with E-state index in [-0.39, 0.29) is 34.6 Å². The van der Waals surface area contributed by atoms with Crippen molar-refractivity contribution in [3.63, 3.8) is 0 Å². The van der Waals surface area contributed by atoms with E-state index in [1.807, 2.05) is 18.2 Å². The smallest absolute Gasteiger partial charge is 0.266 e. The fourth-order valence-corrected chi connectivity index (χ4v) is 3.52. The summed E-state index contributed by atoms with van der Waals surface area (Å²) in [6, 6.07) is 22.7. The Labute approximate surface area is 188 Å². The second-order valence-corrected chi connectivity index (χ2v) is 7.45. The lowest BCUT2D eigenvalue weighted by Crippen LogP contribution is -2.22. The van der Waals surface area contributed by atoms with E-state index in [4.69, 9.17) is 23.2 Å². The van der Waals surface area contributed by atoms with Gasteiger partial charge in [-0.05, 0) is 36.4 Å². The number of aromatic nitrogens is 3. The first-order valence-electron chi connectivity index (χ1n) is 9.38. The second-order valence-electron chi connectivity index (χ2n) is 6.63. The fourth-order valence-electron chi connectivity index (χ4n) is 3.09. The SMILES string of the molecule is O=C(Cc1nnc(-c2ccccc2Cl)n1C(=O)c1ccccc1Cl)Nc1ccccc1. The van der Waals surface area contributed by atoms with Crippen molar-refractivity contribution in [2.24, 2.45) is 0 Å². The number of amides is 1. The Morgan fingerprint density at radius 2 is 1.45 bits per heavy atom. The van der Waals surface area contributed by atoms with Gasteiger partial charge < -0.3 is 5.32 Å². The van der Waals surface area contributed by atoms with Crippen LogP contribution in [-0.4, -0.2) is 26.6 Å². The van der Waals surface area contributed by atoms with Crippen molar-refractivity contribution in [3.8, 4) is 11.4 Å². The average molecular weight is 451 g/mol. The van der Waals surface area contributed by atoms with E-state index in [1.165, 1.54) is 4.57 Å². The third kappa shape index (κ3) is 4.50. The molecule has 4 aromatic rings. The number of carbonyl (C=O) groups is 2. The Balaban J connectivity index is 1.75. The summed E-state index contributed by atoms with van der Waals surface area (Å²) < 4.78 is 1.28. The van der Waals surface area contributed by atoms with Gasteiger partial charge in [-0.15, -0.1) is 10.2 Å². The molecule has 0 saturated carbocycles. The van der Waals surface area contributed by atoms with Crippen LogP contribution in [0.1, 0.15) is 16.2 Å². The molecule has 0 aliphatic heterocycles. The Morgan fingerprint density at radius 3 is 2.16 bits per heavy atom. The molecule has 1 aromatic heterocycles. The third-order valence-electron chi connectivity index (χ3n) is 4.53. The molecule has 0 aliphatic rings. The quantitative estimate of drug-likeness (QED) is 0.457. The van der Waals surface area contributed by atoms with E-state index in [0.717, 1.165) is 0 Å². The molecule has 1 heterocycles. The number of carbonyl (C=O) groups excluding carboxylic acids is 2. The first kappa shape index (κ1) is 20.8. The largest absolute Gasteiger partial charge is 0.326 e. The van der Waals surface area contributed by atoms with Crippen molar-refractivity contribution in [1.82, 2.24) is 14.8 Å². The molecule has 4 rings (SSSR count). The molecular weight excluding hydrogens is 435 g/mol. The number of hydrogen-bond donors (Lipinski definition) is 1. The van der Waals surface area contributed by atoms with Crippen molar-refractivity contribution in [1.29, 1.82) is 0 Å². The monoisotopic (exact) mass is 450 g/mol. The van der Waals surface area contributed by atoms with E-state index in [1.54, 1.807) is 60.7 Å². The molecule has 1 N–H and O–H groups in total. The van der Waals surface area contributed by atoms with E-state index in [9.17, 15) is 9.59 Å². The first-order valence-corrected chi connectivity index (χ1v) is 10.1. The molecule has 0 atom stereocenters. The minimum absolute atomic E-state index is 0.164. The zero-order valence-corrected chi connectivity index (χ0v) is 17.6. The third-order valence-corrected chi connectivity index (χ3v) is 5.19. The highest BCUT2D eigenvalue weighted by Crippen LogP contribution is 2.28. The molecule has 154 valence electrons. The highest BCUT2D eigenvalue weighted by atomic mass is 35.5. The van der Waals surface area contributed by atoms with E-state index in [0.29, 0.717) is 16.3 Å². The van der Waals surface area contributed by atoms with Crippen LogP contribution in [0, 0.1) is 0 Å². The topological polar surface area (TPSA) is 76.9 Å². The van der Waals surface area contributed by atoms with Crippen LogP contribution in [0.25, 0.3) is 11.4 Å². The standard InChI is InChI=1S/C23H16Cl2N4O2/c24-18-12-6-4-10-16(18)22-28-27-20(14-21(30)26-15-8-2-1-3-9-15)29(22)23(31)17-11-5-7-13-19(17)25/h1-13H,14H2,(H,26,30). The lowest BCUT2D eigenvalue weighted by atomic mass is 10.1. The normalized spacial score (nSPS) is 10.6. The van der Waals surface area contributed by atoms with Gasteiger partial charge in [-0.1, -0.05) is 65.7 Å². The van der Waals surface area contributed by atoms with Crippen LogP contribution in [0.4, 0.5) is 5.69 Å².